The van der Waals surface area contributed by atoms with Crippen molar-refractivity contribution in [2.24, 2.45) is 0 Å². The van der Waals surface area contributed by atoms with E-state index in [4.69, 9.17) is 15.4 Å². The van der Waals surface area contributed by atoms with Gasteiger partial charge in [-0.25, -0.2) is 9.97 Å². The number of fused-ring (bicyclic) bond motifs is 1. The van der Waals surface area contributed by atoms with E-state index >= 15 is 0 Å². The van der Waals surface area contributed by atoms with Gasteiger partial charge in [0, 0.05) is 43.2 Å². The van der Waals surface area contributed by atoms with E-state index in [0.29, 0.717) is 28.1 Å². The number of hydrogen-bond donors (Lipinski definition) is 1. The van der Waals surface area contributed by atoms with Gasteiger partial charge in [0.25, 0.3) is 0 Å². The second-order valence-corrected chi connectivity index (χ2v) is 5.39. The minimum atomic E-state index is -3.23. The van der Waals surface area contributed by atoms with Crippen LogP contribution in [-0.4, -0.2) is 58.4 Å². The summed E-state index contributed by atoms with van der Waals surface area (Å²) in [5.74, 6) is 0.0373. The number of hydrogen-bond acceptors (Lipinski definition) is 7. The Kier molecular flexibility index (Phi) is 2.69. The molecule has 1 amide bonds. The molecule has 0 unspecified atom stereocenters. The fourth-order valence-electron chi connectivity index (χ4n) is 2.34. The maximum atomic E-state index is 12.7. The van der Waals surface area contributed by atoms with Crippen LogP contribution >= 0.6 is 0 Å². The number of pyridine rings is 2. The number of nitrogens with one attached hydrogen (secondary N) is 1. The third kappa shape index (κ3) is 3.71. The molecule has 0 atom stereocenters. The number of carbonyl (C=O) groups is 1. The number of anilines is 1. The van der Waals surface area contributed by atoms with Gasteiger partial charge in [-0.3, -0.25) is 14.7 Å². The average molecular weight is 361 g/mol. The van der Waals surface area contributed by atoms with Crippen LogP contribution in [0.4, 0.5) is 5.82 Å². The van der Waals surface area contributed by atoms with Gasteiger partial charge in [0.2, 0.25) is 5.91 Å². The second-order valence-electron chi connectivity index (χ2n) is 5.39. The maximum Gasteiger partial charge on any atom is 0.239 e. The number of morpholine rings is 1. The zero-order valence-corrected chi connectivity index (χ0v) is 13.6. The van der Waals surface area contributed by atoms with Crippen molar-refractivity contribution in [1.82, 2.24) is 19.9 Å². The normalized spacial score (nSPS) is 27.6. The first-order valence-electron chi connectivity index (χ1n) is 11.6. The Morgan fingerprint density at radius 1 is 1.19 bits per heavy atom. The van der Waals surface area contributed by atoms with Gasteiger partial charge in [-0.05, 0) is 17.5 Å². The predicted octanol–water partition coefficient (Wildman–Crippen LogP) is 1.86. The molecular formula is C18H19N5O3. The number of amides is 1. The molecule has 1 N–H and O–H groups in total. The van der Waals surface area contributed by atoms with Crippen LogP contribution in [0.2, 0.25) is 0 Å². The van der Waals surface area contributed by atoms with Crippen molar-refractivity contribution >= 4 is 22.5 Å². The molecule has 0 radical (unpaired) electrons. The lowest BCUT2D eigenvalue weighted by molar-refractivity contribution is -0.118. The topological polar surface area (TPSA) is 93.4 Å². The van der Waals surface area contributed by atoms with Gasteiger partial charge in [0.05, 0.1) is 31.3 Å². The van der Waals surface area contributed by atoms with E-state index in [1.807, 2.05) is 0 Å². The van der Waals surface area contributed by atoms with Gasteiger partial charge in [-0.2, -0.15) is 0 Å². The maximum absolute atomic E-state index is 12.7. The fraction of sp³-hybridized carbons (Fsp3) is 0.333. The summed E-state index contributed by atoms with van der Waals surface area (Å²) < 4.78 is 72.6. The highest BCUT2D eigenvalue weighted by Crippen LogP contribution is 2.23. The molecule has 0 bridgehead atoms. The summed E-state index contributed by atoms with van der Waals surface area (Å²) in [6, 6.07) is 3.21. The number of ether oxygens (including phenoxy) is 1. The fourth-order valence-corrected chi connectivity index (χ4v) is 2.34. The van der Waals surface area contributed by atoms with E-state index in [-0.39, 0.29) is 10.7 Å². The van der Waals surface area contributed by atoms with E-state index in [1.165, 1.54) is 18.5 Å². The van der Waals surface area contributed by atoms with Crippen LogP contribution in [0.15, 0.2) is 35.1 Å². The smallest absolute Gasteiger partial charge is 0.239 e. The first kappa shape index (κ1) is 9.75. The second kappa shape index (κ2) is 7.19. The highest BCUT2D eigenvalue weighted by Gasteiger charge is 2.15. The summed E-state index contributed by atoms with van der Waals surface area (Å²) in [6.45, 7) is -12.1. The summed E-state index contributed by atoms with van der Waals surface area (Å²) in [7, 11) is 0. The molecule has 3 aromatic rings. The lowest BCUT2D eigenvalue weighted by Crippen LogP contribution is -2.41. The van der Waals surface area contributed by atoms with Crippen LogP contribution in [0, 0.1) is 6.92 Å². The molecule has 3 aromatic heterocycles. The van der Waals surface area contributed by atoms with Crippen molar-refractivity contribution in [3.05, 3.63) is 36.6 Å². The molecule has 26 heavy (non-hydrogen) atoms. The quantitative estimate of drug-likeness (QED) is 0.758. The molecule has 0 saturated carbocycles. The Labute approximate surface area is 161 Å². The monoisotopic (exact) mass is 361 g/mol. The number of aromatic nitrogens is 3. The van der Waals surface area contributed by atoms with Gasteiger partial charge in [-0.1, -0.05) is 0 Å². The van der Waals surface area contributed by atoms with Crippen LogP contribution in [-0.2, 0) is 9.53 Å². The Morgan fingerprint density at radius 3 is 2.77 bits per heavy atom. The SMILES string of the molecule is [2H]C1([2H])OC([2H])([2H])C([2H])([2H])N(CC(=O)Nc2cc3cc(-c4cnc(C)o4)ncc3cn2)C1([2H])[2H]. The van der Waals surface area contributed by atoms with Gasteiger partial charge < -0.3 is 14.5 Å². The molecule has 0 aliphatic carbocycles. The van der Waals surface area contributed by atoms with Crippen molar-refractivity contribution in [3.8, 4) is 11.5 Å². The molecule has 1 saturated heterocycles. The predicted molar refractivity (Wildman–Crippen MR) is 95.7 cm³/mol. The standard InChI is InChI=1S/C18H19N5O3/c1-12-19-10-16(26-12)15-6-13-7-17(21-9-14(13)8-20-15)22-18(24)11-23-2-4-25-5-3-23/h6-10H,2-5,11H2,1H3,(H,21,22,24)/i2D2,3D2,4D2,5D2. The number of oxazole rings is 1. The highest BCUT2D eigenvalue weighted by molar-refractivity contribution is 5.94. The lowest BCUT2D eigenvalue weighted by Gasteiger charge is -2.25. The van der Waals surface area contributed by atoms with Crippen molar-refractivity contribution in [2.45, 2.75) is 6.92 Å². The van der Waals surface area contributed by atoms with Gasteiger partial charge in [0.15, 0.2) is 11.7 Å². The summed E-state index contributed by atoms with van der Waals surface area (Å²) in [4.78, 5) is 25.2. The third-order valence-corrected chi connectivity index (χ3v) is 3.51. The molecule has 4 heterocycles. The molecule has 1 aliphatic rings. The minimum Gasteiger partial charge on any atom is -0.439 e. The minimum absolute atomic E-state index is 0.0591. The van der Waals surface area contributed by atoms with E-state index in [2.05, 4.69) is 25.0 Å². The molecule has 8 heteroatoms. The molecule has 134 valence electrons. The molecular weight excluding hydrogens is 334 g/mol. The molecule has 0 spiro atoms. The number of nitrogens with zero attached hydrogens (tertiary/aromatic N) is 4. The van der Waals surface area contributed by atoms with E-state index < -0.39 is 38.6 Å². The zero-order chi connectivity index (χ0) is 25.1. The lowest BCUT2D eigenvalue weighted by atomic mass is 10.2. The number of aryl methyl sites for hydroxylation is 1. The van der Waals surface area contributed by atoms with Crippen molar-refractivity contribution in [1.29, 1.82) is 0 Å². The van der Waals surface area contributed by atoms with E-state index in [9.17, 15) is 4.79 Å². The summed E-state index contributed by atoms with van der Waals surface area (Å²) in [6.07, 6.45) is 4.52. The molecule has 0 aromatic carbocycles. The van der Waals surface area contributed by atoms with Crippen LogP contribution < -0.4 is 5.32 Å². The van der Waals surface area contributed by atoms with Gasteiger partial charge >= 0.3 is 0 Å². The van der Waals surface area contributed by atoms with Crippen molar-refractivity contribution in [3.63, 3.8) is 0 Å². The van der Waals surface area contributed by atoms with E-state index in [0.717, 1.165) is 0 Å². The molecule has 4 rings (SSSR count). The Morgan fingerprint density at radius 2 is 2.00 bits per heavy atom. The van der Waals surface area contributed by atoms with Crippen LogP contribution in [0.3, 0.4) is 0 Å². The number of rotatable bonds is 4. The van der Waals surface area contributed by atoms with Crippen molar-refractivity contribution < 1.29 is 24.9 Å². The summed E-state index contributed by atoms with van der Waals surface area (Å²) in [5.41, 5.74) is 0.496. The van der Waals surface area contributed by atoms with Gasteiger partial charge in [0.1, 0.15) is 11.5 Å². The Balaban J connectivity index is 1.58. The largest absolute Gasteiger partial charge is 0.439 e. The highest BCUT2D eigenvalue weighted by atomic mass is 16.5. The van der Waals surface area contributed by atoms with Crippen LogP contribution in [0.5, 0.6) is 0 Å². The average Bonchev–Trinajstić information content (AvgIpc) is 3.16. The van der Waals surface area contributed by atoms with E-state index in [1.54, 1.807) is 19.2 Å². The van der Waals surface area contributed by atoms with Crippen LogP contribution in [0.25, 0.3) is 22.2 Å². The van der Waals surface area contributed by atoms with Crippen molar-refractivity contribution in [2.75, 3.05) is 38.0 Å². The first-order valence-corrected chi connectivity index (χ1v) is 7.60. The molecule has 8 nitrogen and oxygen atoms in total. The Bertz CT molecular complexity index is 1240. The van der Waals surface area contributed by atoms with Crippen LogP contribution in [0.1, 0.15) is 16.9 Å². The summed E-state index contributed by atoms with van der Waals surface area (Å²) >= 11 is 0. The third-order valence-electron chi connectivity index (χ3n) is 3.51. The van der Waals surface area contributed by atoms with Gasteiger partial charge in [-0.15, -0.1) is 0 Å². The summed E-state index contributed by atoms with van der Waals surface area (Å²) in [5, 5.41) is 3.69. The Hall–Kier alpha value is -2.84. The number of carbonyl (C=O) groups excluding carboxylic acids is 1. The molecule has 1 fully saturated rings. The first-order chi connectivity index (χ1) is 15.6. The zero-order valence-electron chi connectivity index (χ0n) is 21.6. The molecule has 1 aliphatic heterocycles.